The molecule has 1 heterocycles. The zero-order chi connectivity index (χ0) is 23.5. The lowest BCUT2D eigenvalue weighted by molar-refractivity contribution is -0.384. The monoisotopic (exact) mass is 461 g/mol. The standard InChI is InChI=1S/C21H23N3O7S/c1-14(25)16-4-3-5-18(12-16)32(29,30)23-10-8-15(9-11-23)21(26)22-19-13-17(24(27)28)6-7-20(19)31-2/h3-7,12-13,15H,8-11H2,1-2H3,(H,22,26). The van der Waals surface area contributed by atoms with Gasteiger partial charge in [0, 0.05) is 36.7 Å². The Kier molecular flexibility index (Phi) is 6.90. The largest absolute Gasteiger partial charge is 0.495 e. The number of Topliss-reactive ketones (excluding diaryl/α,β-unsaturated/α-hetero) is 1. The molecule has 0 aliphatic carbocycles. The zero-order valence-corrected chi connectivity index (χ0v) is 18.4. The Labute approximate surface area is 185 Å². The molecule has 0 radical (unpaired) electrons. The Morgan fingerprint density at radius 1 is 1.16 bits per heavy atom. The molecule has 10 nitrogen and oxygen atoms in total. The van der Waals surface area contributed by atoms with Crippen molar-refractivity contribution in [2.45, 2.75) is 24.7 Å². The van der Waals surface area contributed by atoms with Gasteiger partial charge in [-0.2, -0.15) is 4.31 Å². The molecule has 2 aromatic rings. The SMILES string of the molecule is COc1ccc([N+](=O)[O-])cc1NC(=O)C1CCN(S(=O)(=O)c2cccc(C(C)=O)c2)CC1. The van der Waals surface area contributed by atoms with E-state index in [1.165, 1.54) is 54.7 Å². The summed E-state index contributed by atoms with van der Waals surface area (Å²) in [7, 11) is -2.41. The number of hydrogen-bond acceptors (Lipinski definition) is 7. The lowest BCUT2D eigenvalue weighted by Crippen LogP contribution is -2.41. The number of hydrogen-bond donors (Lipinski definition) is 1. The van der Waals surface area contributed by atoms with Crippen LogP contribution in [-0.2, 0) is 14.8 Å². The molecule has 3 rings (SSSR count). The Morgan fingerprint density at radius 2 is 1.84 bits per heavy atom. The molecule has 2 aromatic carbocycles. The number of methoxy groups -OCH3 is 1. The number of non-ortho nitro benzene ring substituents is 1. The van der Waals surface area contributed by atoms with Crippen LogP contribution in [0.2, 0.25) is 0 Å². The van der Waals surface area contributed by atoms with Gasteiger partial charge in [-0.05, 0) is 38.0 Å². The summed E-state index contributed by atoms with van der Waals surface area (Å²) in [5.74, 6) is -0.767. The average molecular weight is 461 g/mol. The highest BCUT2D eigenvalue weighted by Crippen LogP contribution is 2.31. The molecule has 11 heteroatoms. The Bertz CT molecular complexity index is 1160. The van der Waals surface area contributed by atoms with E-state index in [9.17, 15) is 28.1 Å². The molecule has 1 aliphatic heterocycles. The van der Waals surface area contributed by atoms with E-state index in [0.717, 1.165) is 0 Å². The van der Waals surface area contributed by atoms with Crippen LogP contribution in [0, 0.1) is 16.0 Å². The predicted octanol–water partition coefficient (Wildman–Crippen LogP) is 2.85. The molecule has 170 valence electrons. The number of anilines is 1. The van der Waals surface area contributed by atoms with Gasteiger partial charge >= 0.3 is 0 Å². The number of ether oxygens (including phenoxy) is 1. The number of carbonyl (C=O) groups excluding carboxylic acids is 2. The lowest BCUT2D eigenvalue weighted by atomic mass is 9.97. The van der Waals surface area contributed by atoms with Crippen LogP contribution >= 0.6 is 0 Å². The highest BCUT2D eigenvalue weighted by Gasteiger charge is 2.32. The number of nitrogens with zero attached hydrogens (tertiary/aromatic N) is 2. The van der Waals surface area contributed by atoms with Crippen LogP contribution in [0.3, 0.4) is 0 Å². The number of sulfonamides is 1. The number of nitrogens with one attached hydrogen (secondary N) is 1. The highest BCUT2D eigenvalue weighted by atomic mass is 32.2. The third-order valence-electron chi connectivity index (χ3n) is 5.35. The summed E-state index contributed by atoms with van der Waals surface area (Å²) in [6, 6.07) is 9.77. The van der Waals surface area contributed by atoms with Gasteiger partial charge in [-0.15, -0.1) is 0 Å². The van der Waals surface area contributed by atoms with E-state index in [1.807, 2.05) is 0 Å². The minimum atomic E-state index is -3.80. The van der Waals surface area contributed by atoms with Crippen molar-refractivity contribution in [2.75, 3.05) is 25.5 Å². The van der Waals surface area contributed by atoms with E-state index in [-0.39, 0.29) is 59.6 Å². The number of amides is 1. The fourth-order valence-corrected chi connectivity index (χ4v) is 5.04. The first kappa shape index (κ1) is 23.4. The first-order valence-corrected chi connectivity index (χ1v) is 11.3. The van der Waals surface area contributed by atoms with Crippen LogP contribution in [0.1, 0.15) is 30.1 Å². The third-order valence-corrected chi connectivity index (χ3v) is 7.25. The second kappa shape index (κ2) is 9.45. The molecule has 0 unspecified atom stereocenters. The molecule has 1 N–H and O–H groups in total. The average Bonchev–Trinajstić information content (AvgIpc) is 2.79. The van der Waals surface area contributed by atoms with Crippen molar-refractivity contribution in [3.8, 4) is 5.75 Å². The topological polar surface area (TPSA) is 136 Å². The molecule has 0 saturated carbocycles. The fraction of sp³-hybridized carbons (Fsp3) is 0.333. The number of carbonyl (C=O) groups is 2. The number of nitro groups is 1. The van der Waals surface area contributed by atoms with Gasteiger partial charge in [-0.1, -0.05) is 12.1 Å². The van der Waals surface area contributed by atoms with Crippen molar-refractivity contribution in [1.29, 1.82) is 0 Å². The maximum Gasteiger partial charge on any atom is 0.271 e. The van der Waals surface area contributed by atoms with E-state index in [2.05, 4.69) is 5.32 Å². The zero-order valence-electron chi connectivity index (χ0n) is 17.6. The quantitative estimate of drug-likeness (QED) is 0.380. The highest BCUT2D eigenvalue weighted by molar-refractivity contribution is 7.89. The molecular weight excluding hydrogens is 438 g/mol. The van der Waals surface area contributed by atoms with E-state index in [1.54, 1.807) is 6.07 Å². The summed E-state index contributed by atoms with van der Waals surface area (Å²) < 4.78 is 32.3. The van der Waals surface area contributed by atoms with Crippen molar-refractivity contribution >= 4 is 33.1 Å². The summed E-state index contributed by atoms with van der Waals surface area (Å²) in [5.41, 5.74) is 0.309. The van der Waals surface area contributed by atoms with Gasteiger partial charge in [0.05, 0.1) is 22.6 Å². The van der Waals surface area contributed by atoms with Crippen molar-refractivity contribution in [3.63, 3.8) is 0 Å². The van der Waals surface area contributed by atoms with Gasteiger partial charge in [0.1, 0.15) is 5.75 Å². The summed E-state index contributed by atoms with van der Waals surface area (Å²) in [6.07, 6.45) is 0.573. The minimum absolute atomic E-state index is 0.0365. The number of benzene rings is 2. The number of rotatable bonds is 7. The molecule has 1 aliphatic rings. The Balaban J connectivity index is 1.69. The van der Waals surface area contributed by atoms with Crippen LogP contribution in [0.4, 0.5) is 11.4 Å². The molecule has 0 atom stereocenters. The number of nitro benzene ring substituents is 1. The molecule has 0 bridgehead atoms. The fourth-order valence-electron chi connectivity index (χ4n) is 3.52. The summed E-state index contributed by atoms with van der Waals surface area (Å²) in [5, 5.41) is 13.7. The van der Waals surface area contributed by atoms with Gasteiger partial charge in [0.25, 0.3) is 5.69 Å². The van der Waals surface area contributed by atoms with Gasteiger partial charge in [-0.3, -0.25) is 19.7 Å². The smallest absolute Gasteiger partial charge is 0.271 e. The normalized spacial score (nSPS) is 15.2. The van der Waals surface area contributed by atoms with Crippen LogP contribution in [-0.4, -0.2) is 49.5 Å². The lowest BCUT2D eigenvalue weighted by Gasteiger charge is -2.30. The van der Waals surface area contributed by atoms with E-state index in [0.29, 0.717) is 5.56 Å². The summed E-state index contributed by atoms with van der Waals surface area (Å²) in [6.45, 7) is 1.64. The van der Waals surface area contributed by atoms with E-state index < -0.39 is 20.9 Å². The first-order chi connectivity index (χ1) is 15.1. The number of ketones is 1. The molecule has 32 heavy (non-hydrogen) atoms. The minimum Gasteiger partial charge on any atom is -0.495 e. The van der Waals surface area contributed by atoms with E-state index in [4.69, 9.17) is 4.74 Å². The molecule has 1 saturated heterocycles. The summed E-state index contributed by atoms with van der Waals surface area (Å²) >= 11 is 0. The van der Waals surface area contributed by atoms with Gasteiger partial charge < -0.3 is 10.1 Å². The van der Waals surface area contributed by atoms with Crippen LogP contribution in [0.15, 0.2) is 47.4 Å². The molecule has 1 amide bonds. The second-order valence-electron chi connectivity index (χ2n) is 7.39. The van der Waals surface area contributed by atoms with Gasteiger partial charge in [-0.25, -0.2) is 8.42 Å². The predicted molar refractivity (Wildman–Crippen MR) is 116 cm³/mol. The summed E-state index contributed by atoms with van der Waals surface area (Å²) in [4.78, 5) is 34.8. The van der Waals surface area contributed by atoms with Crippen LogP contribution in [0.5, 0.6) is 5.75 Å². The van der Waals surface area contributed by atoms with Crippen molar-refractivity contribution < 1.29 is 27.7 Å². The van der Waals surface area contributed by atoms with Crippen molar-refractivity contribution in [1.82, 2.24) is 4.31 Å². The third kappa shape index (κ3) is 4.94. The Hall–Kier alpha value is -3.31. The molecule has 0 aromatic heterocycles. The van der Waals surface area contributed by atoms with Crippen molar-refractivity contribution in [2.24, 2.45) is 5.92 Å². The first-order valence-electron chi connectivity index (χ1n) is 9.88. The van der Waals surface area contributed by atoms with Crippen molar-refractivity contribution in [3.05, 3.63) is 58.1 Å². The Morgan fingerprint density at radius 3 is 2.44 bits per heavy atom. The van der Waals surface area contributed by atoms with Crippen LogP contribution in [0.25, 0.3) is 0 Å². The van der Waals surface area contributed by atoms with Gasteiger partial charge in [0.15, 0.2) is 5.78 Å². The van der Waals surface area contributed by atoms with Gasteiger partial charge in [0.2, 0.25) is 15.9 Å². The number of piperidine rings is 1. The molecular formula is C21H23N3O7S. The maximum atomic E-state index is 12.9. The maximum absolute atomic E-state index is 12.9. The molecule has 0 spiro atoms. The second-order valence-corrected chi connectivity index (χ2v) is 9.33. The van der Waals surface area contributed by atoms with E-state index >= 15 is 0 Å². The molecule has 1 fully saturated rings. The van der Waals surface area contributed by atoms with Crippen LogP contribution < -0.4 is 10.1 Å².